The lowest BCUT2D eigenvalue weighted by Crippen LogP contribution is -2.56. The minimum Gasteiger partial charge on any atom is -0.381 e. The third kappa shape index (κ3) is 2.21. The fourth-order valence-corrected chi connectivity index (χ4v) is 3.51. The smallest absolute Gasteiger partial charge is 0.0469 e. The molecule has 15 heavy (non-hydrogen) atoms. The first-order valence-corrected chi connectivity index (χ1v) is 6.49. The molecule has 88 valence electrons. The fourth-order valence-electron chi connectivity index (χ4n) is 3.51. The number of rotatable bonds is 1. The van der Waals surface area contributed by atoms with Gasteiger partial charge in [0.2, 0.25) is 0 Å². The molecule has 1 aliphatic carbocycles. The zero-order chi connectivity index (χ0) is 10.9. The van der Waals surface area contributed by atoms with Crippen LogP contribution in [0.15, 0.2) is 0 Å². The third-order valence-electron chi connectivity index (χ3n) is 4.69. The molecular weight excluding hydrogens is 186 g/mol. The van der Waals surface area contributed by atoms with E-state index in [2.05, 4.69) is 13.8 Å². The molecule has 0 bridgehead atoms. The third-order valence-corrected chi connectivity index (χ3v) is 4.69. The lowest BCUT2D eigenvalue weighted by atomic mass is 9.62. The molecule has 2 N–H and O–H groups in total. The zero-order valence-electron chi connectivity index (χ0n) is 10.2. The van der Waals surface area contributed by atoms with E-state index in [-0.39, 0.29) is 5.54 Å². The Labute approximate surface area is 93.6 Å². The van der Waals surface area contributed by atoms with Crippen LogP contribution in [0.1, 0.15) is 46.0 Å². The molecule has 1 aliphatic heterocycles. The first kappa shape index (κ1) is 11.4. The van der Waals surface area contributed by atoms with E-state index >= 15 is 0 Å². The summed E-state index contributed by atoms with van der Waals surface area (Å²) >= 11 is 0. The molecule has 0 spiro atoms. The van der Waals surface area contributed by atoms with Crippen molar-refractivity contribution >= 4 is 0 Å². The molecule has 2 rings (SSSR count). The molecule has 1 heterocycles. The minimum atomic E-state index is 0.0987. The van der Waals surface area contributed by atoms with E-state index in [9.17, 15) is 0 Å². The summed E-state index contributed by atoms with van der Waals surface area (Å²) in [6.45, 7) is 6.55. The Morgan fingerprint density at radius 2 is 1.73 bits per heavy atom. The van der Waals surface area contributed by atoms with Gasteiger partial charge in [-0.3, -0.25) is 0 Å². The summed E-state index contributed by atoms with van der Waals surface area (Å²) in [5.41, 5.74) is 6.81. The molecular formula is C13H25NO. The molecule has 0 amide bonds. The van der Waals surface area contributed by atoms with Crippen LogP contribution in [0.4, 0.5) is 0 Å². The van der Waals surface area contributed by atoms with E-state index in [1.54, 1.807) is 0 Å². The van der Waals surface area contributed by atoms with Gasteiger partial charge in [0.25, 0.3) is 0 Å². The highest BCUT2D eigenvalue weighted by atomic mass is 16.5. The number of hydrogen-bond acceptors (Lipinski definition) is 2. The first-order valence-electron chi connectivity index (χ1n) is 6.49. The summed E-state index contributed by atoms with van der Waals surface area (Å²) in [5.74, 6) is 2.20. The lowest BCUT2D eigenvalue weighted by molar-refractivity contribution is 0.00321. The molecule has 0 aromatic rings. The zero-order valence-corrected chi connectivity index (χ0v) is 10.2. The number of nitrogens with two attached hydrogens (primary N) is 1. The maximum Gasteiger partial charge on any atom is 0.0469 e. The van der Waals surface area contributed by atoms with Gasteiger partial charge in [-0.2, -0.15) is 0 Å². The second-order valence-corrected chi connectivity index (χ2v) is 5.79. The Morgan fingerprint density at radius 1 is 1.07 bits per heavy atom. The van der Waals surface area contributed by atoms with Crippen molar-refractivity contribution in [2.75, 3.05) is 13.2 Å². The summed E-state index contributed by atoms with van der Waals surface area (Å²) in [4.78, 5) is 0. The van der Waals surface area contributed by atoms with Crippen LogP contribution in [0.3, 0.4) is 0 Å². The van der Waals surface area contributed by atoms with E-state index in [4.69, 9.17) is 10.5 Å². The SMILES string of the molecule is CC1CCC(C)C(N)(C2CCOCC2)C1. The van der Waals surface area contributed by atoms with Crippen LogP contribution in [-0.2, 0) is 4.74 Å². The summed E-state index contributed by atoms with van der Waals surface area (Å²) in [6.07, 6.45) is 6.25. The van der Waals surface area contributed by atoms with Crippen LogP contribution in [0.2, 0.25) is 0 Å². The normalized spacial score (nSPS) is 44.2. The maximum atomic E-state index is 6.71. The second-order valence-electron chi connectivity index (χ2n) is 5.79. The van der Waals surface area contributed by atoms with Gasteiger partial charge < -0.3 is 10.5 Å². The Hall–Kier alpha value is -0.0800. The van der Waals surface area contributed by atoms with Gasteiger partial charge in [0.05, 0.1) is 0 Å². The molecule has 0 aromatic heterocycles. The van der Waals surface area contributed by atoms with Crippen LogP contribution in [-0.4, -0.2) is 18.8 Å². The van der Waals surface area contributed by atoms with Gasteiger partial charge in [0, 0.05) is 18.8 Å². The van der Waals surface area contributed by atoms with Gasteiger partial charge in [0.15, 0.2) is 0 Å². The quantitative estimate of drug-likeness (QED) is 0.723. The highest BCUT2D eigenvalue weighted by Gasteiger charge is 2.43. The highest BCUT2D eigenvalue weighted by Crippen LogP contribution is 2.42. The fraction of sp³-hybridized carbons (Fsp3) is 1.00. The van der Waals surface area contributed by atoms with Crippen molar-refractivity contribution in [3.05, 3.63) is 0 Å². The largest absolute Gasteiger partial charge is 0.381 e. The van der Waals surface area contributed by atoms with Crippen LogP contribution in [0.25, 0.3) is 0 Å². The second kappa shape index (κ2) is 4.42. The van der Waals surface area contributed by atoms with Crippen molar-refractivity contribution in [3.8, 4) is 0 Å². The van der Waals surface area contributed by atoms with E-state index in [1.807, 2.05) is 0 Å². The Bertz CT molecular complexity index is 213. The van der Waals surface area contributed by atoms with E-state index < -0.39 is 0 Å². The molecule has 1 saturated heterocycles. The molecule has 0 radical (unpaired) electrons. The van der Waals surface area contributed by atoms with Gasteiger partial charge in [0.1, 0.15) is 0 Å². The molecule has 3 unspecified atom stereocenters. The van der Waals surface area contributed by atoms with E-state index in [1.165, 1.54) is 32.1 Å². The standard InChI is InChI=1S/C13H25NO/c1-10-3-4-11(2)13(14,9-10)12-5-7-15-8-6-12/h10-12H,3-9,14H2,1-2H3. The Kier molecular flexibility index (Phi) is 3.36. The first-order chi connectivity index (χ1) is 7.13. The molecule has 0 aromatic carbocycles. The average Bonchev–Trinajstić information content (AvgIpc) is 2.25. The number of ether oxygens (including phenoxy) is 1. The van der Waals surface area contributed by atoms with Crippen LogP contribution < -0.4 is 5.73 Å². The van der Waals surface area contributed by atoms with Gasteiger partial charge in [-0.05, 0) is 43.4 Å². The van der Waals surface area contributed by atoms with Gasteiger partial charge >= 0.3 is 0 Å². The molecule has 2 nitrogen and oxygen atoms in total. The van der Waals surface area contributed by atoms with Crippen LogP contribution in [0, 0.1) is 17.8 Å². The molecule has 2 fully saturated rings. The predicted molar refractivity (Wildman–Crippen MR) is 62.6 cm³/mol. The Morgan fingerprint density at radius 3 is 2.40 bits per heavy atom. The molecule has 2 heteroatoms. The molecule has 2 aliphatic rings. The topological polar surface area (TPSA) is 35.2 Å². The van der Waals surface area contributed by atoms with Crippen LogP contribution in [0.5, 0.6) is 0 Å². The van der Waals surface area contributed by atoms with E-state index in [0.29, 0.717) is 11.8 Å². The van der Waals surface area contributed by atoms with Gasteiger partial charge in [-0.15, -0.1) is 0 Å². The summed E-state index contributed by atoms with van der Waals surface area (Å²) in [6, 6.07) is 0. The van der Waals surface area contributed by atoms with Crippen molar-refractivity contribution in [2.24, 2.45) is 23.5 Å². The Balaban J connectivity index is 2.07. The summed E-state index contributed by atoms with van der Waals surface area (Å²) < 4.78 is 5.44. The molecule has 3 atom stereocenters. The van der Waals surface area contributed by atoms with Gasteiger partial charge in [-0.1, -0.05) is 20.3 Å². The van der Waals surface area contributed by atoms with Crippen LogP contribution >= 0.6 is 0 Å². The van der Waals surface area contributed by atoms with E-state index in [0.717, 1.165) is 19.1 Å². The minimum absolute atomic E-state index is 0.0987. The van der Waals surface area contributed by atoms with Crippen molar-refractivity contribution in [2.45, 2.75) is 51.5 Å². The van der Waals surface area contributed by atoms with Gasteiger partial charge in [-0.25, -0.2) is 0 Å². The monoisotopic (exact) mass is 211 g/mol. The number of hydrogen-bond donors (Lipinski definition) is 1. The van der Waals surface area contributed by atoms with Crippen molar-refractivity contribution in [3.63, 3.8) is 0 Å². The molecule has 1 saturated carbocycles. The van der Waals surface area contributed by atoms with Crippen molar-refractivity contribution < 1.29 is 4.74 Å². The summed E-state index contributed by atoms with van der Waals surface area (Å²) in [7, 11) is 0. The van der Waals surface area contributed by atoms with Crippen molar-refractivity contribution in [1.29, 1.82) is 0 Å². The summed E-state index contributed by atoms with van der Waals surface area (Å²) in [5, 5.41) is 0. The maximum absolute atomic E-state index is 6.71. The lowest BCUT2D eigenvalue weighted by Gasteiger charge is -2.48. The predicted octanol–water partition coefficient (Wildman–Crippen LogP) is 2.57. The highest BCUT2D eigenvalue weighted by molar-refractivity contribution is 4.99. The van der Waals surface area contributed by atoms with Crippen molar-refractivity contribution in [1.82, 2.24) is 0 Å². The average molecular weight is 211 g/mol.